The third-order valence-corrected chi connectivity index (χ3v) is 1.58. The van der Waals surface area contributed by atoms with Crippen LogP contribution in [0.1, 0.15) is 5.56 Å². The Hall–Kier alpha value is -1.97. The van der Waals surface area contributed by atoms with E-state index in [2.05, 4.69) is 6.58 Å². The minimum absolute atomic E-state index is 0.183. The van der Waals surface area contributed by atoms with E-state index in [-0.39, 0.29) is 6.54 Å². The van der Waals surface area contributed by atoms with Gasteiger partial charge in [-0.25, -0.2) is 4.79 Å². The molecule has 1 aromatic rings. The molecule has 0 bridgehead atoms. The Morgan fingerprint density at radius 1 is 1.50 bits per heavy atom. The zero-order valence-electron chi connectivity index (χ0n) is 7.59. The Balaban J connectivity index is 2.64. The van der Waals surface area contributed by atoms with E-state index in [0.29, 0.717) is 0 Å². The summed E-state index contributed by atoms with van der Waals surface area (Å²) in [6.45, 7) is 3.48. The second-order valence-electron chi connectivity index (χ2n) is 2.58. The molecule has 4 nitrogen and oxygen atoms in total. The smallest absolute Gasteiger partial charge is 0.441 e. The molecule has 0 unspecified atom stereocenters. The fraction of sp³-hybridized carbons (Fsp3) is 0.100. The van der Waals surface area contributed by atoms with Crippen LogP contribution < -0.4 is 0 Å². The second-order valence-corrected chi connectivity index (χ2v) is 2.58. The van der Waals surface area contributed by atoms with Gasteiger partial charge in [-0.05, 0) is 5.56 Å². The van der Waals surface area contributed by atoms with Crippen molar-refractivity contribution in [2.75, 3.05) is 0 Å². The number of benzene rings is 1. The minimum Gasteiger partial charge on any atom is -0.463 e. The topological polar surface area (TPSA) is 49.8 Å². The van der Waals surface area contributed by atoms with Gasteiger partial charge in [0.1, 0.15) is 6.26 Å². The van der Waals surface area contributed by atoms with Gasteiger partial charge in [-0.1, -0.05) is 36.9 Å². The molecule has 0 aliphatic carbocycles. The van der Waals surface area contributed by atoms with Crippen molar-refractivity contribution < 1.29 is 14.7 Å². The van der Waals surface area contributed by atoms with E-state index in [9.17, 15) is 4.79 Å². The standard InChI is InChI=1S/C10H11NO3/c1-2-14-11(10(12)13)8-9-6-4-3-5-7-9/h2-7H,1,8H2,(H,12,13). The van der Waals surface area contributed by atoms with Crippen LogP contribution in [0.4, 0.5) is 4.79 Å². The van der Waals surface area contributed by atoms with E-state index in [1.807, 2.05) is 30.3 Å². The number of hydrogen-bond donors (Lipinski definition) is 1. The number of hydrogen-bond acceptors (Lipinski definition) is 2. The summed E-state index contributed by atoms with van der Waals surface area (Å²) < 4.78 is 0. The summed E-state index contributed by atoms with van der Waals surface area (Å²) in [6.07, 6.45) is -0.0643. The molecule has 0 aromatic heterocycles. The normalized spacial score (nSPS) is 9.14. The van der Waals surface area contributed by atoms with Gasteiger partial charge < -0.3 is 9.94 Å². The maximum Gasteiger partial charge on any atom is 0.441 e. The largest absolute Gasteiger partial charge is 0.463 e. The van der Waals surface area contributed by atoms with Crippen molar-refractivity contribution in [3.8, 4) is 0 Å². The third kappa shape index (κ3) is 2.82. The summed E-state index contributed by atoms with van der Waals surface area (Å²) in [6, 6.07) is 9.18. The van der Waals surface area contributed by atoms with Crippen LogP contribution in [0.2, 0.25) is 0 Å². The van der Waals surface area contributed by atoms with Gasteiger partial charge >= 0.3 is 6.09 Å². The van der Waals surface area contributed by atoms with Crippen LogP contribution >= 0.6 is 0 Å². The molecule has 0 aliphatic rings. The first-order chi connectivity index (χ1) is 6.74. The maximum atomic E-state index is 10.6. The lowest BCUT2D eigenvalue weighted by Gasteiger charge is -2.16. The van der Waals surface area contributed by atoms with Crippen molar-refractivity contribution >= 4 is 6.09 Å². The van der Waals surface area contributed by atoms with Crippen LogP contribution in [0.5, 0.6) is 0 Å². The summed E-state index contributed by atoms with van der Waals surface area (Å²) in [4.78, 5) is 15.4. The molecule has 0 saturated carbocycles. The first kappa shape index (κ1) is 10.1. The van der Waals surface area contributed by atoms with E-state index in [1.165, 1.54) is 0 Å². The number of amides is 1. The van der Waals surface area contributed by atoms with E-state index in [4.69, 9.17) is 9.94 Å². The van der Waals surface area contributed by atoms with Crippen LogP contribution in [0, 0.1) is 0 Å². The van der Waals surface area contributed by atoms with E-state index >= 15 is 0 Å². The molecule has 1 aromatic carbocycles. The van der Waals surface area contributed by atoms with Crippen LogP contribution in [0.25, 0.3) is 0 Å². The highest BCUT2D eigenvalue weighted by Crippen LogP contribution is 2.05. The summed E-state index contributed by atoms with van der Waals surface area (Å²) in [5.41, 5.74) is 0.858. The Labute approximate surface area is 82.0 Å². The molecule has 0 spiro atoms. The predicted molar refractivity (Wildman–Crippen MR) is 51.3 cm³/mol. The highest BCUT2D eigenvalue weighted by molar-refractivity contribution is 5.63. The quantitative estimate of drug-likeness (QED) is 0.589. The average Bonchev–Trinajstić information content (AvgIpc) is 2.18. The molecule has 1 amide bonds. The molecule has 0 radical (unpaired) electrons. The minimum atomic E-state index is -1.14. The molecule has 4 heteroatoms. The zero-order valence-corrected chi connectivity index (χ0v) is 7.59. The Kier molecular flexibility index (Phi) is 3.55. The first-order valence-electron chi connectivity index (χ1n) is 4.06. The Morgan fingerprint density at radius 3 is 2.64 bits per heavy atom. The lowest BCUT2D eigenvalue weighted by atomic mass is 10.2. The monoisotopic (exact) mass is 193 g/mol. The molecular weight excluding hydrogens is 182 g/mol. The molecule has 0 heterocycles. The molecule has 14 heavy (non-hydrogen) atoms. The molecule has 1 N–H and O–H groups in total. The molecular formula is C10H11NO3. The fourth-order valence-corrected chi connectivity index (χ4v) is 0.989. The second kappa shape index (κ2) is 4.91. The van der Waals surface area contributed by atoms with Gasteiger partial charge in [0.05, 0.1) is 6.54 Å². The lowest BCUT2D eigenvalue weighted by molar-refractivity contribution is -0.0825. The van der Waals surface area contributed by atoms with Crippen molar-refractivity contribution in [2.24, 2.45) is 0 Å². The number of carbonyl (C=O) groups is 1. The van der Waals surface area contributed by atoms with Crippen molar-refractivity contribution in [1.82, 2.24) is 5.06 Å². The summed E-state index contributed by atoms with van der Waals surface area (Å²) in [5, 5.41) is 9.53. The van der Waals surface area contributed by atoms with Gasteiger partial charge in [0, 0.05) is 0 Å². The van der Waals surface area contributed by atoms with Gasteiger partial charge in [0.25, 0.3) is 0 Å². The fourth-order valence-electron chi connectivity index (χ4n) is 0.989. The third-order valence-electron chi connectivity index (χ3n) is 1.58. The SMILES string of the molecule is C=CON(Cc1ccccc1)C(=O)O. The molecule has 1 rings (SSSR count). The van der Waals surface area contributed by atoms with Gasteiger partial charge in [-0.3, -0.25) is 0 Å². The van der Waals surface area contributed by atoms with E-state index < -0.39 is 6.09 Å². The van der Waals surface area contributed by atoms with Crippen LogP contribution in [-0.2, 0) is 11.4 Å². The lowest BCUT2D eigenvalue weighted by Crippen LogP contribution is -2.27. The van der Waals surface area contributed by atoms with Gasteiger partial charge in [-0.2, -0.15) is 0 Å². The summed E-state index contributed by atoms with van der Waals surface area (Å²) in [5.74, 6) is 0. The Morgan fingerprint density at radius 2 is 2.14 bits per heavy atom. The van der Waals surface area contributed by atoms with Crippen LogP contribution in [0.3, 0.4) is 0 Å². The average molecular weight is 193 g/mol. The highest BCUT2D eigenvalue weighted by Gasteiger charge is 2.11. The van der Waals surface area contributed by atoms with Crippen molar-refractivity contribution in [1.29, 1.82) is 0 Å². The molecule has 74 valence electrons. The van der Waals surface area contributed by atoms with Crippen molar-refractivity contribution in [3.05, 3.63) is 48.7 Å². The number of carboxylic acid groups (broad SMARTS) is 1. The molecule has 0 fully saturated rings. The van der Waals surface area contributed by atoms with Crippen molar-refractivity contribution in [3.63, 3.8) is 0 Å². The van der Waals surface area contributed by atoms with Gasteiger partial charge in [0.15, 0.2) is 0 Å². The summed E-state index contributed by atoms with van der Waals surface area (Å²) >= 11 is 0. The number of hydroxylamine groups is 2. The van der Waals surface area contributed by atoms with E-state index in [1.54, 1.807) is 0 Å². The van der Waals surface area contributed by atoms with E-state index in [0.717, 1.165) is 16.9 Å². The predicted octanol–water partition coefficient (Wildman–Crippen LogP) is 2.24. The van der Waals surface area contributed by atoms with Crippen LogP contribution in [0.15, 0.2) is 43.2 Å². The Bertz CT molecular complexity index is 310. The highest BCUT2D eigenvalue weighted by atomic mass is 16.7. The van der Waals surface area contributed by atoms with Gasteiger partial charge in [0.2, 0.25) is 0 Å². The zero-order chi connectivity index (χ0) is 10.4. The number of rotatable bonds is 4. The maximum absolute atomic E-state index is 10.6. The molecule has 0 aliphatic heterocycles. The van der Waals surface area contributed by atoms with Crippen LogP contribution in [-0.4, -0.2) is 16.3 Å². The van der Waals surface area contributed by atoms with Gasteiger partial charge in [-0.15, -0.1) is 5.06 Å². The summed E-state index contributed by atoms with van der Waals surface area (Å²) in [7, 11) is 0. The van der Waals surface area contributed by atoms with Crippen molar-refractivity contribution in [2.45, 2.75) is 6.54 Å². The number of nitrogens with zero attached hydrogens (tertiary/aromatic N) is 1. The first-order valence-corrected chi connectivity index (χ1v) is 4.06. The molecule has 0 saturated heterocycles. The molecule has 0 atom stereocenters.